The third kappa shape index (κ3) is 2.90. The molecule has 1 saturated heterocycles. The van der Waals surface area contributed by atoms with Gasteiger partial charge >= 0.3 is 0 Å². The van der Waals surface area contributed by atoms with Crippen molar-refractivity contribution in [3.8, 4) is 6.07 Å². The highest BCUT2D eigenvalue weighted by Gasteiger charge is 2.27. The zero-order valence-electron chi connectivity index (χ0n) is 11.9. The summed E-state index contributed by atoms with van der Waals surface area (Å²) >= 11 is 0. The molecular formula is C16H22N2O. The van der Waals surface area contributed by atoms with Crippen molar-refractivity contribution in [1.82, 2.24) is 0 Å². The Morgan fingerprint density at radius 1 is 1.37 bits per heavy atom. The normalized spacial score (nSPS) is 20.6. The van der Waals surface area contributed by atoms with E-state index in [4.69, 9.17) is 5.26 Å². The van der Waals surface area contributed by atoms with E-state index in [9.17, 15) is 5.11 Å². The molecule has 1 aliphatic heterocycles. The quantitative estimate of drug-likeness (QED) is 0.906. The summed E-state index contributed by atoms with van der Waals surface area (Å²) in [5.41, 5.74) is 2.60. The van der Waals surface area contributed by atoms with Crippen molar-refractivity contribution >= 4 is 5.69 Å². The summed E-state index contributed by atoms with van der Waals surface area (Å²) in [4.78, 5) is 2.31. The van der Waals surface area contributed by atoms with E-state index in [0.717, 1.165) is 24.3 Å². The zero-order chi connectivity index (χ0) is 14.0. The van der Waals surface area contributed by atoms with Crippen LogP contribution in [0, 0.1) is 23.2 Å². The highest BCUT2D eigenvalue weighted by atomic mass is 16.3. The summed E-state index contributed by atoms with van der Waals surface area (Å²) in [5.74, 6) is 1.38. The van der Waals surface area contributed by atoms with Crippen LogP contribution in [0.15, 0.2) is 18.2 Å². The molecule has 1 aliphatic rings. The Morgan fingerprint density at radius 2 is 2.11 bits per heavy atom. The second kappa shape index (κ2) is 5.63. The molecule has 0 aliphatic carbocycles. The number of hydrogen-bond acceptors (Lipinski definition) is 3. The van der Waals surface area contributed by atoms with Gasteiger partial charge < -0.3 is 10.0 Å². The minimum Gasteiger partial charge on any atom is -0.389 e. The van der Waals surface area contributed by atoms with E-state index in [0.29, 0.717) is 17.4 Å². The Morgan fingerprint density at radius 3 is 2.63 bits per heavy atom. The first-order valence-electron chi connectivity index (χ1n) is 7.00. The van der Waals surface area contributed by atoms with Crippen LogP contribution >= 0.6 is 0 Å². The highest BCUT2D eigenvalue weighted by molar-refractivity contribution is 5.59. The van der Waals surface area contributed by atoms with Gasteiger partial charge in [0.2, 0.25) is 0 Å². The molecule has 0 spiro atoms. The van der Waals surface area contributed by atoms with Gasteiger partial charge in [-0.25, -0.2) is 0 Å². The maximum atomic E-state index is 9.89. The van der Waals surface area contributed by atoms with Crippen molar-refractivity contribution in [3.63, 3.8) is 0 Å². The zero-order valence-corrected chi connectivity index (χ0v) is 11.9. The van der Waals surface area contributed by atoms with Crippen LogP contribution in [0.4, 0.5) is 5.69 Å². The number of benzene rings is 1. The van der Waals surface area contributed by atoms with Crippen LogP contribution in [0.5, 0.6) is 0 Å². The summed E-state index contributed by atoms with van der Waals surface area (Å²) in [6, 6.07) is 7.75. The molecule has 1 aromatic carbocycles. The lowest BCUT2D eigenvalue weighted by Crippen LogP contribution is -2.23. The second-order valence-corrected chi connectivity index (χ2v) is 5.80. The van der Waals surface area contributed by atoms with E-state index < -0.39 is 6.10 Å². The molecule has 0 aromatic heterocycles. The van der Waals surface area contributed by atoms with Gasteiger partial charge in [0, 0.05) is 24.3 Å². The Labute approximate surface area is 115 Å². The van der Waals surface area contributed by atoms with Gasteiger partial charge in [-0.15, -0.1) is 0 Å². The van der Waals surface area contributed by atoms with E-state index in [1.54, 1.807) is 13.0 Å². The van der Waals surface area contributed by atoms with Gasteiger partial charge in [-0.2, -0.15) is 5.26 Å². The molecule has 0 bridgehead atoms. The van der Waals surface area contributed by atoms with E-state index in [1.807, 2.05) is 12.1 Å². The van der Waals surface area contributed by atoms with Crippen molar-refractivity contribution in [3.05, 3.63) is 29.3 Å². The molecule has 1 N–H and O–H groups in total. The molecule has 1 unspecified atom stereocenters. The molecule has 0 amide bonds. The molecule has 1 aromatic rings. The van der Waals surface area contributed by atoms with Gasteiger partial charge in [0.05, 0.1) is 17.7 Å². The maximum absolute atomic E-state index is 9.89. The minimum atomic E-state index is -0.499. The largest absolute Gasteiger partial charge is 0.389 e. The van der Waals surface area contributed by atoms with Crippen molar-refractivity contribution in [2.45, 2.75) is 33.3 Å². The first-order valence-corrected chi connectivity index (χ1v) is 7.00. The Kier molecular flexibility index (Phi) is 4.11. The molecule has 102 valence electrons. The molecule has 2 rings (SSSR count). The van der Waals surface area contributed by atoms with Gasteiger partial charge in [-0.05, 0) is 37.3 Å². The van der Waals surface area contributed by atoms with Crippen LogP contribution in [0.25, 0.3) is 0 Å². The fourth-order valence-corrected chi connectivity index (χ4v) is 2.79. The van der Waals surface area contributed by atoms with Crippen LogP contribution in [0.1, 0.15) is 44.4 Å². The standard InChI is InChI=1S/C16H22N2O/c1-11(2)14-6-7-18(10-14)16-8-13(9-17)4-5-15(16)12(3)19/h4-5,8,11-12,14,19H,6-7,10H2,1-3H3/t12-,14?/m1/s1. The molecule has 0 radical (unpaired) electrons. The van der Waals surface area contributed by atoms with Gasteiger partial charge in [-0.3, -0.25) is 0 Å². The fraction of sp³-hybridized carbons (Fsp3) is 0.562. The lowest BCUT2D eigenvalue weighted by Gasteiger charge is -2.24. The minimum absolute atomic E-state index is 0.499. The van der Waals surface area contributed by atoms with E-state index in [2.05, 4.69) is 24.8 Å². The average Bonchev–Trinajstić information content (AvgIpc) is 2.87. The van der Waals surface area contributed by atoms with Gasteiger partial charge in [0.25, 0.3) is 0 Å². The third-order valence-electron chi connectivity index (χ3n) is 4.12. The molecule has 1 fully saturated rings. The van der Waals surface area contributed by atoms with Gasteiger partial charge in [-0.1, -0.05) is 19.9 Å². The van der Waals surface area contributed by atoms with Crippen LogP contribution in [0.3, 0.4) is 0 Å². The number of anilines is 1. The number of aliphatic hydroxyl groups is 1. The number of rotatable bonds is 3. The number of nitriles is 1. The van der Waals surface area contributed by atoms with Gasteiger partial charge in [0.15, 0.2) is 0 Å². The molecule has 0 saturated carbocycles. The predicted octanol–water partition coefficient (Wildman–Crippen LogP) is 3.09. The molecular weight excluding hydrogens is 236 g/mol. The van der Waals surface area contributed by atoms with Crippen molar-refractivity contribution in [1.29, 1.82) is 5.26 Å². The molecule has 19 heavy (non-hydrogen) atoms. The molecule has 2 atom stereocenters. The Balaban J connectivity index is 2.31. The van der Waals surface area contributed by atoms with Crippen molar-refractivity contribution < 1.29 is 5.11 Å². The molecule has 3 heteroatoms. The predicted molar refractivity (Wildman–Crippen MR) is 76.9 cm³/mol. The summed E-state index contributed by atoms with van der Waals surface area (Å²) in [5, 5.41) is 18.9. The van der Waals surface area contributed by atoms with Crippen molar-refractivity contribution in [2.75, 3.05) is 18.0 Å². The summed E-state index contributed by atoms with van der Waals surface area (Å²) in [6.45, 7) is 8.33. The SMILES string of the molecule is CC(C)C1CCN(c2cc(C#N)ccc2[C@@H](C)O)C1. The molecule has 3 nitrogen and oxygen atoms in total. The lowest BCUT2D eigenvalue weighted by atomic mass is 9.95. The molecule has 1 heterocycles. The summed E-state index contributed by atoms with van der Waals surface area (Å²) in [6.07, 6.45) is 0.689. The summed E-state index contributed by atoms with van der Waals surface area (Å²) in [7, 11) is 0. The first-order chi connectivity index (χ1) is 9.02. The number of hydrogen-bond donors (Lipinski definition) is 1. The van der Waals surface area contributed by atoms with Crippen LogP contribution in [-0.2, 0) is 0 Å². The van der Waals surface area contributed by atoms with E-state index >= 15 is 0 Å². The second-order valence-electron chi connectivity index (χ2n) is 5.80. The highest BCUT2D eigenvalue weighted by Crippen LogP contribution is 2.33. The van der Waals surface area contributed by atoms with Gasteiger partial charge in [0.1, 0.15) is 0 Å². The van der Waals surface area contributed by atoms with E-state index in [-0.39, 0.29) is 0 Å². The number of aliphatic hydroxyl groups excluding tert-OH is 1. The lowest BCUT2D eigenvalue weighted by molar-refractivity contribution is 0.199. The topological polar surface area (TPSA) is 47.3 Å². The smallest absolute Gasteiger partial charge is 0.0992 e. The first kappa shape index (κ1) is 13.9. The number of nitrogens with zero attached hydrogens (tertiary/aromatic N) is 2. The Bertz CT molecular complexity index is 488. The third-order valence-corrected chi connectivity index (χ3v) is 4.12. The summed E-state index contributed by atoms with van der Waals surface area (Å²) < 4.78 is 0. The monoisotopic (exact) mass is 258 g/mol. The fourth-order valence-electron chi connectivity index (χ4n) is 2.79. The van der Waals surface area contributed by atoms with Crippen LogP contribution in [0.2, 0.25) is 0 Å². The average molecular weight is 258 g/mol. The maximum Gasteiger partial charge on any atom is 0.0992 e. The Hall–Kier alpha value is -1.53. The van der Waals surface area contributed by atoms with Crippen LogP contribution < -0.4 is 4.90 Å². The van der Waals surface area contributed by atoms with Crippen LogP contribution in [-0.4, -0.2) is 18.2 Å². The van der Waals surface area contributed by atoms with E-state index in [1.165, 1.54) is 6.42 Å². The van der Waals surface area contributed by atoms with Crippen molar-refractivity contribution in [2.24, 2.45) is 11.8 Å².